The Bertz CT molecular complexity index is 900. The molecule has 0 spiro atoms. The number of hydrogen-bond donors (Lipinski definition) is 1. The Hall–Kier alpha value is -3.17. The van der Waals surface area contributed by atoms with Crippen molar-refractivity contribution in [2.24, 2.45) is 7.05 Å². The molecular formula is C16H15F3N6O. The second-order valence-corrected chi connectivity index (χ2v) is 5.60. The van der Waals surface area contributed by atoms with Crippen LogP contribution in [0.4, 0.5) is 13.2 Å². The van der Waals surface area contributed by atoms with E-state index < -0.39 is 23.3 Å². The fourth-order valence-electron chi connectivity index (χ4n) is 2.47. The molecule has 0 bridgehead atoms. The number of alkyl halides is 3. The van der Waals surface area contributed by atoms with Crippen molar-refractivity contribution in [2.75, 3.05) is 0 Å². The van der Waals surface area contributed by atoms with Crippen molar-refractivity contribution < 1.29 is 18.0 Å². The Morgan fingerprint density at radius 2 is 1.96 bits per heavy atom. The molecule has 10 heteroatoms. The molecule has 7 nitrogen and oxygen atoms in total. The molecule has 1 amide bonds. The second kappa shape index (κ2) is 6.98. The van der Waals surface area contributed by atoms with Gasteiger partial charge < -0.3 is 5.32 Å². The number of benzene rings is 1. The van der Waals surface area contributed by atoms with E-state index in [2.05, 4.69) is 20.7 Å². The minimum atomic E-state index is -4.67. The third-order valence-corrected chi connectivity index (χ3v) is 3.66. The van der Waals surface area contributed by atoms with Gasteiger partial charge in [0.25, 0.3) is 5.91 Å². The topological polar surface area (TPSA) is 77.6 Å². The van der Waals surface area contributed by atoms with Crippen molar-refractivity contribution in [1.29, 1.82) is 0 Å². The number of rotatable bonds is 5. The van der Waals surface area contributed by atoms with Crippen molar-refractivity contribution in [3.8, 4) is 0 Å². The van der Waals surface area contributed by atoms with E-state index in [1.807, 2.05) is 30.3 Å². The first kappa shape index (κ1) is 17.6. The molecule has 26 heavy (non-hydrogen) atoms. The van der Waals surface area contributed by atoms with Gasteiger partial charge in [0.15, 0.2) is 5.69 Å². The molecule has 0 fully saturated rings. The summed E-state index contributed by atoms with van der Waals surface area (Å²) in [5.41, 5.74) is -0.163. The Morgan fingerprint density at radius 1 is 1.23 bits per heavy atom. The zero-order valence-electron chi connectivity index (χ0n) is 13.7. The summed E-state index contributed by atoms with van der Waals surface area (Å²) in [4.78, 5) is 12.1. The average molecular weight is 364 g/mol. The maximum atomic E-state index is 13.0. The van der Waals surface area contributed by atoms with E-state index in [9.17, 15) is 18.0 Å². The van der Waals surface area contributed by atoms with Crippen molar-refractivity contribution in [1.82, 2.24) is 30.1 Å². The maximum absolute atomic E-state index is 13.0. The van der Waals surface area contributed by atoms with E-state index in [0.717, 1.165) is 18.8 Å². The molecule has 0 atom stereocenters. The minimum absolute atomic E-state index is 0.0419. The van der Waals surface area contributed by atoms with Crippen LogP contribution in [0.1, 0.15) is 27.3 Å². The number of aromatic nitrogens is 5. The van der Waals surface area contributed by atoms with Gasteiger partial charge in [-0.25, -0.2) is 4.68 Å². The van der Waals surface area contributed by atoms with Crippen LogP contribution in [-0.2, 0) is 26.3 Å². The van der Waals surface area contributed by atoms with E-state index in [0.29, 0.717) is 16.9 Å². The fourth-order valence-corrected chi connectivity index (χ4v) is 2.47. The standard InChI is InChI=1S/C16H15F3N6O/c1-24-14(16(17,18)19)13(8-21-24)15(26)20-7-12-10-25(23-22-12)9-11-5-3-2-4-6-11/h2-6,8,10H,7,9H2,1H3,(H,20,26). The number of amides is 1. The Morgan fingerprint density at radius 3 is 2.65 bits per heavy atom. The second-order valence-electron chi connectivity index (χ2n) is 5.60. The van der Waals surface area contributed by atoms with Crippen molar-refractivity contribution in [2.45, 2.75) is 19.3 Å². The minimum Gasteiger partial charge on any atom is -0.346 e. The summed E-state index contributed by atoms with van der Waals surface area (Å²) in [5.74, 6) is -0.872. The van der Waals surface area contributed by atoms with Gasteiger partial charge in [-0.05, 0) is 5.56 Å². The SMILES string of the molecule is Cn1ncc(C(=O)NCc2cn(Cc3ccccc3)nn2)c1C(F)(F)F. The van der Waals surface area contributed by atoms with Gasteiger partial charge in [-0.15, -0.1) is 5.10 Å². The summed E-state index contributed by atoms with van der Waals surface area (Å²) in [6, 6.07) is 9.58. The van der Waals surface area contributed by atoms with Gasteiger partial charge in [0.05, 0.1) is 31.0 Å². The molecule has 0 unspecified atom stereocenters. The van der Waals surface area contributed by atoms with Gasteiger partial charge in [-0.3, -0.25) is 9.48 Å². The molecular weight excluding hydrogens is 349 g/mol. The van der Waals surface area contributed by atoms with Gasteiger partial charge in [0.1, 0.15) is 5.69 Å². The molecule has 0 aliphatic heterocycles. The van der Waals surface area contributed by atoms with Crippen LogP contribution >= 0.6 is 0 Å². The third-order valence-electron chi connectivity index (χ3n) is 3.66. The number of nitrogens with zero attached hydrogens (tertiary/aromatic N) is 5. The molecule has 0 aliphatic rings. The number of carbonyl (C=O) groups is 1. The Labute approximate surface area is 146 Å². The van der Waals surface area contributed by atoms with E-state index in [-0.39, 0.29) is 6.54 Å². The summed E-state index contributed by atoms with van der Waals surface area (Å²) in [6.07, 6.45) is -2.15. The monoisotopic (exact) mass is 364 g/mol. The lowest BCUT2D eigenvalue weighted by atomic mass is 10.2. The van der Waals surface area contributed by atoms with E-state index in [4.69, 9.17) is 0 Å². The largest absolute Gasteiger partial charge is 0.433 e. The predicted octanol–water partition coefficient (Wildman–Crippen LogP) is 2.01. The molecule has 0 saturated heterocycles. The summed E-state index contributed by atoms with van der Waals surface area (Å²) in [7, 11) is 1.13. The van der Waals surface area contributed by atoms with Crippen LogP contribution in [0.2, 0.25) is 0 Å². The van der Waals surface area contributed by atoms with Crippen LogP contribution in [0, 0.1) is 0 Å². The molecule has 1 aromatic carbocycles. The number of halogens is 3. The molecule has 3 aromatic rings. The van der Waals surface area contributed by atoms with Crippen LogP contribution < -0.4 is 5.32 Å². The summed E-state index contributed by atoms with van der Waals surface area (Å²) < 4.78 is 41.2. The number of nitrogens with one attached hydrogen (secondary N) is 1. The number of aryl methyl sites for hydroxylation is 1. The highest BCUT2D eigenvalue weighted by Crippen LogP contribution is 2.31. The van der Waals surface area contributed by atoms with E-state index in [1.54, 1.807) is 10.9 Å². The van der Waals surface area contributed by atoms with Crippen LogP contribution in [0.5, 0.6) is 0 Å². The Kier molecular flexibility index (Phi) is 4.74. The zero-order chi connectivity index (χ0) is 18.7. The van der Waals surface area contributed by atoms with Crippen molar-refractivity contribution >= 4 is 5.91 Å². The van der Waals surface area contributed by atoms with Gasteiger partial charge in [-0.2, -0.15) is 18.3 Å². The van der Waals surface area contributed by atoms with Crippen molar-refractivity contribution in [3.63, 3.8) is 0 Å². The smallest absolute Gasteiger partial charge is 0.346 e. The highest BCUT2D eigenvalue weighted by molar-refractivity contribution is 5.95. The molecule has 2 aromatic heterocycles. The first-order valence-corrected chi connectivity index (χ1v) is 7.65. The average Bonchev–Trinajstić information content (AvgIpc) is 3.19. The number of carbonyl (C=O) groups excluding carboxylic acids is 1. The summed E-state index contributed by atoms with van der Waals surface area (Å²) in [5, 5.41) is 13.8. The van der Waals surface area contributed by atoms with E-state index >= 15 is 0 Å². The molecule has 0 radical (unpaired) electrons. The first-order chi connectivity index (χ1) is 12.3. The van der Waals surface area contributed by atoms with Crippen LogP contribution in [0.25, 0.3) is 0 Å². The molecule has 0 aliphatic carbocycles. The van der Waals surface area contributed by atoms with Gasteiger partial charge in [-0.1, -0.05) is 35.5 Å². The van der Waals surface area contributed by atoms with Gasteiger partial charge in [0.2, 0.25) is 0 Å². The number of hydrogen-bond acceptors (Lipinski definition) is 4. The van der Waals surface area contributed by atoms with Gasteiger partial charge in [0, 0.05) is 7.05 Å². The summed E-state index contributed by atoms with van der Waals surface area (Å²) >= 11 is 0. The fraction of sp³-hybridized carbons (Fsp3) is 0.250. The highest BCUT2D eigenvalue weighted by Gasteiger charge is 2.39. The lowest BCUT2D eigenvalue weighted by Gasteiger charge is -2.09. The molecule has 3 rings (SSSR count). The van der Waals surface area contributed by atoms with E-state index in [1.165, 1.54) is 0 Å². The zero-order valence-corrected chi connectivity index (χ0v) is 13.7. The molecule has 0 saturated carbocycles. The van der Waals surface area contributed by atoms with Crippen LogP contribution in [-0.4, -0.2) is 30.7 Å². The highest BCUT2D eigenvalue weighted by atomic mass is 19.4. The predicted molar refractivity (Wildman–Crippen MR) is 84.9 cm³/mol. The molecule has 2 heterocycles. The summed E-state index contributed by atoms with van der Waals surface area (Å²) in [6.45, 7) is 0.461. The lowest BCUT2D eigenvalue weighted by molar-refractivity contribution is -0.144. The Balaban J connectivity index is 1.64. The maximum Gasteiger partial charge on any atom is 0.433 e. The molecule has 1 N–H and O–H groups in total. The first-order valence-electron chi connectivity index (χ1n) is 7.65. The van der Waals surface area contributed by atoms with Crippen molar-refractivity contribution in [3.05, 3.63) is 65.2 Å². The van der Waals surface area contributed by atoms with Gasteiger partial charge >= 0.3 is 6.18 Å². The lowest BCUT2D eigenvalue weighted by Crippen LogP contribution is -2.26. The molecule has 136 valence electrons. The quantitative estimate of drug-likeness (QED) is 0.751. The van der Waals surface area contributed by atoms with Crippen LogP contribution in [0.15, 0.2) is 42.7 Å². The van der Waals surface area contributed by atoms with Crippen LogP contribution in [0.3, 0.4) is 0 Å². The third kappa shape index (κ3) is 3.90. The normalized spacial score (nSPS) is 11.5.